The number of nitrogens with zero attached hydrogens (tertiary/aromatic N) is 3. The molecule has 1 aromatic carbocycles. The van der Waals surface area contributed by atoms with Crippen LogP contribution in [0.25, 0.3) is 0 Å². The number of amides is 1. The number of benzene rings is 1. The topological polar surface area (TPSA) is 97.7 Å². The molecule has 0 saturated carbocycles. The first kappa shape index (κ1) is 21.9. The third-order valence-electron chi connectivity index (χ3n) is 7.08. The number of hydrogen-bond donors (Lipinski definition) is 2. The van der Waals surface area contributed by atoms with Gasteiger partial charge in [-0.15, -0.1) is 0 Å². The molecule has 1 aromatic heterocycles. The van der Waals surface area contributed by atoms with Gasteiger partial charge in [0.05, 0.1) is 24.4 Å². The van der Waals surface area contributed by atoms with Crippen molar-refractivity contribution in [3.8, 4) is 11.5 Å². The second-order valence-corrected chi connectivity index (χ2v) is 9.31. The molecule has 33 heavy (non-hydrogen) atoms. The van der Waals surface area contributed by atoms with Gasteiger partial charge in [0.2, 0.25) is 5.91 Å². The smallest absolute Gasteiger partial charge is 0.241 e. The number of carbonyl (C=O) groups excluding carboxylic acids is 2. The lowest BCUT2D eigenvalue weighted by molar-refractivity contribution is -0.135. The highest BCUT2D eigenvalue weighted by Gasteiger charge is 2.39. The van der Waals surface area contributed by atoms with Gasteiger partial charge in [-0.05, 0) is 44.4 Å². The number of aryl methyl sites for hydroxylation is 2. The predicted octanol–water partition coefficient (Wildman–Crippen LogP) is 1.92. The maximum Gasteiger partial charge on any atom is 0.241 e. The van der Waals surface area contributed by atoms with Crippen LogP contribution >= 0.6 is 0 Å². The van der Waals surface area contributed by atoms with E-state index < -0.39 is 0 Å². The van der Waals surface area contributed by atoms with E-state index >= 15 is 0 Å². The first-order valence-electron chi connectivity index (χ1n) is 11.6. The Bertz CT molecular complexity index is 1070. The molecule has 0 spiro atoms. The fraction of sp³-hybridized carbons (Fsp3) is 0.542. The number of rotatable bonds is 4. The van der Waals surface area contributed by atoms with Crippen molar-refractivity contribution in [2.75, 3.05) is 20.2 Å². The predicted molar refractivity (Wildman–Crippen MR) is 121 cm³/mol. The van der Waals surface area contributed by atoms with E-state index in [-0.39, 0.29) is 35.8 Å². The van der Waals surface area contributed by atoms with E-state index in [1.54, 1.807) is 23.9 Å². The Hall–Kier alpha value is -2.91. The molecule has 176 valence electrons. The first-order valence-corrected chi connectivity index (χ1v) is 11.6. The molecule has 2 aromatic rings. The van der Waals surface area contributed by atoms with Gasteiger partial charge in [-0.25, -0.2) is 10.9 Å². The zero-order valence-corrected chi connectivity index (χ0v) is 19.3. The molecule has 0 aliphatic carbocycles. The van der Waals surface area contributed by atoms with Crippen molar-refractivity contribution in [2.24, 2.45) is 13.0 Å². The molecule has 5 rings (SSSR count). The Labute approximate surface area is 193 Å². The summed E-state index contributed by atoms with van der Waals surface area (Å²) >= 11 is 0. The lowest BCUT2D eigenvalue weighted by atomic mass is 9.86. The van der Waals surface area contributed by atoms with Crippen LogP contribution in [0.2, 0.25) is 0 Å². The van der Waals surface area contributed by atoms with Gasteiger partial charge in [-0.1, -0.05) is 0 Å². The van der Waals surface area contributed by atoms with Gasteiger partial charge in [0, 0.05) is 44.2 Å². The summed E-state index contributed by atoms with van der Waals surface area (Å²) < 4.78 is 13.3. The molecule has 2 fully saturated rings. The van der Waals surface area contributed by atoms with Crippen LogP contribution in [0.4, 0.5) is 0 Å². The molecule has 4 atom stereocenters. The van der Waals surface area contributed by atoms with Gasteiger partial charge in [-0.3, -0.25) is 14.3 Å². The van der Waals surface area contributed by atoms with Crippen molar-refractivity contribution in [3.05, 3.63) is 41.2 Å². The van der Waals surface area contributed by atoms with E-state index in [0.717, 1.165) is 30.6 Å². The molecule has 3 aliphatic rings. The quantitative estimate of drug-likeness (QED) is 0.730. The number of aromatic nitrogens is 2. The van der Waals surface area contributed by atoms with Crippen LogP contribution in [0.1, 0.15) is 53.3 Å². The van der Waals surface area contributed by atoms with Gasteiger partial charge < -0.3 is 14.4 Å². The lowest BCUT2D eigenvalue weighted by Crippen LogP contribution is -2.51. The van der Waals surface area contributed by atoms with Gasteiger partial charge >= 0.3 is 0 Å². The Morgan fingerprint density at radius 1 is 1.30 bits per heavy atom. The maximum atomic E-state index is 13.3. The summed E-state index contributed by atoms with van der Waals surface area (Å²) in [5, 5.41) is 4.41. The standard InChI is InChI=1S/C24H31N5O4/c1-14-18(13-28(2)27-14)19-10-20(26-25-19)24(31)29-8-4-5-15(12-29)23-11-21(30)17-9-16(32-3)6-7-22(17)33-23/h6-7,9,13,15,19-20,23,25-26H,4-5,8,10-12H2,1-3H3. The second kappa shape index (κ2) is 8.79. The molecule has 3 aliphatic heterocycles. The van der Waals surface area contributed by atoms with Crippen molar-refractivity contribution in [1.29, 1.82) is 0 Å². The molecule has 1 amide bonds. The van der Waals surface area contributed by atoms with Crippen molar-refractivity contribution < 1.29 is 19.1 Å². The highest BCUT2D eigenvalue weighted by molar-refractivity contribution is 6.00. The van der Waals surface area contributed by atoms with E-state index in [9.17, 15) is 9.59 Å². The Balaban J connectivity index is 1.23. The summed E-state index contributed by atoms with van der Waals surface area (Å²) in [5.74, 6) is 1.56. The minimum Gasteiger partial charge on any atom is -0.497 e. The summed E-state index contributed by atoms with van der Waals surface area (Å²) in [5.41, 5.74) is 9.12. The van der Waals surface area contributed by atoms with Crippen LogP contribution in [0.5, 0.6) is 11.5 Å². The molecule has 9 nitrogen and oxygen atoms in total. The van der Waals surface area contributed by atoms with E-state index in [1.165, 1.54) is 0 Å². The van der Waals surface area contributed by atoms with Gasteiger partial charge in [0.15, 0.2) is 5.78 Å². The molecule has 9 heteroatoms. The summed E-state index contributed by atoms with van der Waals surface area (Å²) in [6.45, 7) is 3.33. The molecule has 0 bridgehead atoms. The van der Waals surface area contributed by atoms with Crippen molar-refractivity contribution in [2.45, 2.75) is 50.8 Å². The molecule has 2 N–H and O–H groups in total. The third kappa shape index (κ3) is 4.22. The SMILES string of the molecule is COc1ccc2c(c1)C(=O)CC(C1CCCN(C(=O)C3CC(c4cn(C)nc4C)NN3)C1)O2. The van der Waals surface area contributed by atoms with Crippen molar-refractivity contribution in [3.63, 3.8) is 0 Å². The first-order chi connectivity index (χ1) is 15.9. The minimum absolute atomic E-state index is 0.0565. The fourth-order valence-corrected chi connectivity index (χ4v) is 5.33. The average molecular weight is 454 g/mol. The number of methoxy groups -OCH3 is 1. The number of fused-ring (bicyclic) bond motifs is 1. The van der Waals surface area contributed by atoms with Gasteiger partial charge in [0.1, 0.15) is 23.6 Å². The van der Waals surface area contributed by atoms with Gasteiger partial charge in [0.25, 0.3) is 0 Å². The van der Waals surface area contributed by atoms with E-state index in [2.05, 4.69) is 16.0 Å². The number of hydrogen-bond acceptors (Lipinski definition) is 7. The number of hydrazine groups is 1. The number of carbonyl (C=O) groups is 2. The normalized spacial score (nSPS) is 27.2. The number of nitrogens with one attached hydrogen (secondary N) is 2. The number of likely N-dealkylation sites (tertiary alicyclic amines) is 1. The molecular formula is C24H31N5O4. The summed E-state index contributed by atoms with van der Waals surface area (Å²) in [4.78, 5) is 28.0. The lowest BCUT2D eigenvalue weighted by Gasteiger charge is -2.39. The third-order valence-corrected chi connectivity index (χ3v) is 7.08. The van der Waals surface area contributed by atoms with Crippen molar-refractivity contribution in [1.82, 2.24) is 25.5 Å². The number of ether oxygens (including phenoxy) is 2. The summed E-state index contributed by atoms with van der Waals surface area (Å²) in [7, 11) is 3.49. The van der Waals surface area contributed by atoms with E-state index in [1.807, 2.05) is 31.1 Å². The number of Topliss-reactive ketones (excluding diaryl/α,β-unsaturated/α-hetero) is 1. The van der Waals surface area contributed by atoms with Crippen LogP contribution in [-0.2, 0) is 11.8 Å². The summed E-state index contributed by atoms with van der Waals surface area (Å²) in [6.07, 6.45) is 4.66. The molecule has 4 unspecified atom stereocenters. The molecular weight excluding hydrogens is 422 g/mol. The van der Waals surface area contributed by atoms with Crippen LogP contribution in [0.15, 0.2) is 24.4 Å². The highest BCUT2D eigenvalue weighted by atomic mass is 16.5. The zero-order chi connectivity index (χ0) is 23.1. The molecule has 4 heterocycles. The minimum atomic E-state index is -0.282. The monoisotopic (exact) mass is 453 g/mol. The Morgan fingerprint density at radius 3 is 2.91 bits per heavy atom. The van der Waals surface area contributed by atoms with E-state index in [4.69, 9.17) is 9.47 Å². The Morgan fingerprint density at radius 2 is 2.15 bits per heavy atom. The maximum absolute atomic E-state index is 13.3. The van der Waals surface area contributed by atoms with E-state index in [0.29, 0.717) is 36.4 Å². The van der Waals surface area contributed by atoms with Gasteiger partial charge in [-0.2, -0.15) is 5.10 Å². The largest absolute Gasteiger partial charge is 0.497 e. The number of piperidine rings is 1. The Kier molecular flexibility index (Phi) is 5.84. The second-order valence-electron chi connectivity index (χ2n) is 9.31. The highest BCUT2D eigenvalue weighted by Crippen LogP contribution is 2.35. The van der Waals surface area contributed by atoms with Crippen LogP contribution in [0.3, 0.4) is 0 Å². The van der Waals surface area contributed by atoms with Crippen LogP contribution < -0.4 is 20.3 Å². The molecule has 0 radical (unpaired) electrons. The van der Waals surface area contributed by atoms with Crippen LogP contribution in [0, 0.1) is 12.8 Å². The average Bonchev–Trinajstić information content (AvgIpc) is 3.44. The molecule has 2 saturated heterocycles. The fourth-order valence-electron chi connectivity index (χ4n) is 5.33. The van der Waals surface area contributed by atoms with Crippen LogP contribution in [-0.4, -0.2) is 58.7 Å². The number of ketones is 1. The zero-order valence-electron chi connectivity index (χ0n) is 19.3. The summed E-state index contributed by atoms with van der Waals surface area (Å²) in [6, 6.07) is 5.13. The van der Waals surface area contributed by atoms with Crippen molar-refractivity contribution >= 4 is 11.7 Å².